The van der Waals surface area contributed by atoms with Gasteiger partial charge in [0, 0.05) is 5.92 Å². The first-order valence-electron chi connectivity index (χ1n) is 5.32. The van der Waals surface area contributed by atoms with Gasteiger partial charge in [0.25, 0.3) is 0 Å². The van der Waals surface area contributed by atoms with Gasteiger partial charge in [0.1, 0.15) is 0 Å². The number of carbonyl (C=O) groups is 2. The van der Waals surface area contributed by atoms with Gasteiger partial charge in [-0.3, -0.25) is 0 Å². The van der Waals surface area contributed by atoms with Crippen LogP contribution >= 0.6 is 0 Å². The molecule has 0 aromatic heterocycles. The molecule has 1 rings (SSSR count). The molecule has 18 heavy (non-hydrogen) atoms. The maximum Gasteiger partial charge on any atom is 0.362 e. The second-order valence-corrected chi connectivity index (χ2v) is 3.99. The second kappa shape index (κ2) is 7.29. The van der Waals surface area contributed by atoms with Crippen molar-refractivity contribution in [3.05, 3.63) is 29.8 Å². The summed E-state index contributed by atoms with van der Waals surface area (Å²) in [5.41, 5.74) is 3.26. The lowest BCUT2D eigenvalue weighted by Crippen LogP contribution is -2.67. The fourth-order valence-electron chi connectivity index (χ4n) is 0.928. The number of rotatable bonds is 3. The highest BCUT2D eigenvalue weighted by atomic mass is 16.4. The van der Waals surface area contributed by atoms with E-state index in [0.717, 1.165) is 0 Å². The number of quaternary nitrogens is 1. The van der Waals surface area contributed by atoms with Crippen LogP contribution in [0, 0.1) is 5.92 Å². The van der Waals surface area contributed by atoms with Gasteiger partial charge in [-0.25, -0.2) is 9.59 Å². The maximum atomic E-state index is 10.7. The molecular weight excluding hydrogens is 238 g/mol. The highest BCUT2D eigenvalue weighted by molar-refractivity contribution is 5.90. The normalized spacial score (nSPS) is 11.3. The van der Waals surface area contributed by atoms with Gasteiger partial charge in [0.15, 0.2) is 6.04 Å². The van der Waals surface area contributed by atoms with Crippen LogP contribution in [0.1, 0.15) is 24.2 Å². The number of hydrogen-bond acceptors (Lipinski definition) is 3. The summed E-state index contributed by atoms with van der Waals surface area (Å²) in [4.78, 5) is 20.3. The van der Waals surface area contributed by atoms with Crippen LogP contribution in [0.15, 0.2) is 24.3 Å². The third-order valence-corrected chi connectivity index (χ3v) is 2.24. The van der Waals surface area contributed by atoms with Crippen molar-refractivity contribution in [1.82, 2.24) is 0 Å². The maximum absolute atomic E-state index is 10.7. The van der Waals surface area contributed by atoms with Crippen LogP contribution in [-0.4, -0.2) is 28.2 Å². The van der Waals surface area contributed by atoms with Gasteiger partial charge in [-0.1, -0.05) is 37.8 Å². The molecule has 5 N–H and O–H groups in total. The van der Waals surface area contributed by atoms with Gasteiger partial charge in [-0.2, -0.15) is 0 Å². The van der Waals surface area contributed by atoms with Crippen LogP contribution in [0.5, 0.6) is 5.75 Å². The molecule has 1 aromatic carbocycles. The van der Waals surface area contributed by atoms with Gasteiger partial charge >= 0.3 is 11.9 Å². The highest BCUT2D eigenvalue weighted by Crippen LogP contribution is 2.10. The van der Waals surface area contributed by atoms with E-state index in [2.05, 4.69) is 5.73 Å². The van der Waals surface area contributed by atoms with E-state index >= 15 is 0 Å². The summed E-state index contributed by atoms with van der Waals surface area (Å²) in [5.74, 6) is -2.31. The summed E-state index contributed by atoms with van der Waals surface area (Å²) in [6.45, 7) is 3.68. The fourth-order valence-corrected chi connectivity index (χ4v) is 0.928. The average molecular weight is 255 g/mol. The van der Waals surface area contributed by atoms with E-state index < -0.39 is 23.7 Å². The molecule has 0 unspecified atom stereocenters. The average Bonchev–Trinajstić information content (AvgIpc) is 2.28. The standard InChI is InChI=1S/C7H6O3.C5H11NO2/c8-6-4-2-1-3-5(6)7(9)10;1-3(2)4(6)5(7)8/h1-4,8H,(H,9,10);3-4H,6H2,1-2H3,(H,7,8)/t;4-/m.0/s1. The van der Waals surface area contributed by atoms with E-state index in [1.54, 1.807) is 0 Å². The Hall–Kier alpha value is -2.08. The van der Waals surface area contributed by atoms with Crippen molar-refractivity contribution in [2.45, 2.75) is 19.9 Å². The summed E-state index contributed by atoms with van der Waals surface area (Å²) >= 11 is 0. The number of benzene rings is 1. The molecule has 6 nitrogen and oxygen atoms in total. The third-order valence-electron chi connectivity index (χ3n) is 2.24. The Bertz CT molecular complexity index is 417. The van der Waals surface area contributed by atoms with Crippen LogP contribution in [0.4, 0.5) is 0 Å². The predicted octanol–water partition coefficient (Wildman–Crippen LogP) is -0.204. The number of carboxylic acids is 2. The minimum atomic E-state index is -1.18. The number of carboxylic acid groups (broad SMARTS) is 2. The molecular formula is C12H17NO5. The Labute approximate surface area is 105 Å². The van der Waals surface area contributed by atoms with Crippen molar-refractivity contribution in [2.24, 2.45) is 5.92 Å². The molecule has 0 amide bonds. The summed E-state index contributed by atoms with van der Waals surface area (Å²) in [6, 6.07) is 5.07. The molecule has 0 aliphatic carbocycles. The lowest BCUT2D eigenvalue weighted by Gasteiger charge is -2.07. The largest absolute Gasteiger partial charge is 0.872 e. The van der Waals surface area contributed by atoms with E-state index in [1.165, 1.54) is 24.3 Å². The Morgan fingerprint density at radius 2 is 1.72 bits per heavy atom. The molecule has 0 bridgehead atoms. The quantitative estimate of drug-likeness (QED) is 0.689. The Kier molecular flexibility index (Phi) is 6.44. The predicted molar refractivity (Wildman–Crippen MR) is 62.0 cm³/mol. The lowest BCUT2D eigenvalue weighted by atomic mass is 10.1. The van der Waals surface area contributed by atoms with Gasteiger partial charge in [-0.15, -0.1) is 0 Å². The highest BCUT2D eigenvalue weighted by Gasteiger charge is 2.18. The zero-order valence-corrected chi connectivity index (χ0v) is 10.3. The summed E-state index contributed by atoms with van der Waals surface area (Å²) in [7, 11) is 0. The third kappa shape index (κ3) is 5.31. The van der Waals surface area contributed by atoms with E-state index in [1.807, 2.05) is 13.8 Å². The molecule has 0 heterocycles. The molecule has 0 saturated heterocycles. The van der Waals surface area contributed by atoms with Gasteiger partial charge in [0.2, 0.25) is 0 Å². The van der Waals surface area contributed by atoms with Crippen molar-refractivity contribution >= 4 is 11.9 Å². The van der Waals surface area contributed by atoms with Crippen LogP contribution in [0.3, 0.4) is 0 Å². The van der Waals surface area contributed by atoms with E-state index in [-0.39, 0.29) is 11.5 Å². The monoisotopic (exact) mass is 255 g/mol. The van der Waals surface area contributed by atoms with Crippen molar-refractivity contribution in [3.8, 4) is 5.75 Å². The molecule has 0 radical (unpaired) electrons. The van der Waals surface area contributed by atoms with Crippen LogP contribution in [0.2, 0.25) is 0 Å². The number of aliphatic carboxylic acids is 1. The summed E-state index contributed by atoms with van der Waals surface area (Å²) < 4.78 is 0. The topological polar surface area (TPSA) is 125 Å². The van der Waals surface area contributed by atoms with E-state index in [4.69, 9.17) is 10.2 Å². The van der Waals surface area contributed by atoms with Crippen molar-refractivity contribution in [1.29, 1.82) is 0 Å². The van der Waals surface area contributed by atoms with Crippen molar-refractivity contribution in [2.75, 3.05) is 0 Å². The molecule has 1 atom stereocenters. The first kappa shape index (κ1) is 15.9. The number of para-hydroxylation sites is 1. The smallest absolute Gasteiger partial charge is 0.362 e. The SMILES string of the molecule is CC(C)[C@H]([NH3+])C(=O)O.O=C(O)c1ccccc1[O-]. The zero-order valence-electron chi connectivity index (χ0n) is 10.3. The summed E-state index contributed by atoms with van der Waals surface area (Å²) in [5, 5.41) is 27.3. The van der Waals surface area contributed by atoms with E-state index in [0.29, 0.717) is 0 Å². The Morgan fingerprint density at radius 1 is 1.22 bits per heavy atom. The molecule has 0 fully saturated rings. The molecule has 6 heteroatoms. The van der Waals surface area contributed by atoms with Crippen LogP contribution in [0.25, 0.3) is 0 Å². The zero-order chi connectivity index (χ0) is 14.3. The van der Waals surface area contributed by atoms with Crippen molar-refractivity contribution in [3.63, 3.8) is 0 Å². The number of hydrogen-bond donors (Lipinski definition) is 3. The van der Waals surface area contributed by atoms with Gasteiger partial charge < -0.3 is 21.1 Å². The lowest BCUT2D eigenvalue weighted by molar-refractivity contribution is -0.417. The minimum Gasteiger partial charge on any atom is -0.872 e. The molecule has 1 aromatic rings. The summed E-state index contributed by atoms with van der Waals surface area (Å²) in [6.07, 6.45) is 0. The molecule has 0 aliphatic rings. The van der Waals surface area contributed by atoms with Gasteiger partial charge in [0.05, 0.1) is 5.56 Å². The van der Waals surface area contributed by atoms with Crippen LogP contribution < -0.4 is 10.8 Å². The molecule has 0 aliphatic heterocycles. The first-order chi connectivity index (χ1) is 8.27. The Balaban J connectivity index is 0.000000331. The minimum absolute atomic E-state index is 0.132. The first-order valence-corrected chi connectivity index (χ1v) is 5.32. The molecule has 0 saturated carbocycles. The molecule has 100 valence electrons. The Morgan fingerprint density at radius 3 is 1.94 bits per heavy atom. The second-order valence-electron chi connectivity index (χ2n) is 3.99. The van der Waals surface area contributed by atoms with Crippen LogP contribution in [-0.2, 0) is 4.79 Å². The fraction of sp³-hybridized carbons (Fsp3) is 0.333. The molecule has 0 spiro atoms. The van der Waals surface area contributed by atoms with E-state index in [9.17, 15) is 14.7 Å². The number of aromatic carboxylic acids is 1. The van der Waals surface area contributed by atoms with Crippen molar-refractivity contribution < 1.29 is 30.6 Å². The van der Waals surface area contributed by atoms with Gasteiger partial charge in [-0.05, 0) is 6.07 Å².